The normalized spacial score (nSPS) is 14.5. The van der Waals surface area contributed by atoms with Crippen LogP contribution in [-0.4, -0.2) is 61.0 Å². The highest BCUT2D eigenvalue weighted by molar-refractivity contribution is 7.92. The van der Waals surface area contributed by atoms with Gasteiger partial charge in [-0.3, -0.25) is 9.52 Å². The van der Waals surface area contributed by atoms with Gasteiger partial charge < -0.3 is 15.0 Å². The Balaban J connectivity index is 1.56. The molecule has 1 aliphatic rings. The van der Waals surface area contributed by atoms with Gasteiger partial charge in [0.15, 0.2) is 17.3 Å². The Morgan fingerprint density at radius 1 is 1.24 bits per heavy atom. The van der Waals surface area contributed by atoms with E-state index in [2.05, 4.69) is 15.4 Å². The van der Waals surface area contributed by atoms with Gasteiger partial charge in [-0.05, 0) is 18.6 Å². The molecule has 2 N–H and O–H groups in total. The second-order valence-electron chi connectivity index (χ2n) is 7.41. The van der Waals surface area contributed by atoms with Crippen molar-refractivity contribution < 1.29 is 26.7 Å². The zero-order valence-corrected chi connectivity index (χ0v) is 18.5. The zero-order chi connectivity index (χ0) is 23.6. The van der Waals surface area contributed by atoms with Crippen LogP contribution >= 0.6 is 0 Å². The maximum absolute atomic E-state index is 14.8. The maximum Gasteiger partial charge on any atom is 0.261 e. The topological polar surface area (TPSA) is 118 Å². The van der Waals surface area contributed by atoms with Crippen LogP contribution in [0, 0.1) is 11.6 Å². The number of rotatable bonds is 7. The number of halogens is 2. The Hall–Kier alpha value is -3.32. The number of benzene rings is 1. The molecule has 1 amide bonds. The summed E-state index contributed by atoms with van der Waals surface area (Å²) in [6.45, 7) is 4.20. The molecular weight excluding hydrogens is 458 g/mol. The third kappa shape index (κ3) is 5.03. The standard InChI is InChI=1S/C20H22F2N6O4S/c1-2-9-33(30,31)26-15-4-3-14(21)18(19(15)22)20(29)24-13-11-23-16-10-17(25-28(16)12-13)27-5-7-32-8-6-27/h3-4,10-12,26H,2,5-9H2,1H3,(H,24,29). The van der Waals surface area contributed by atoms with Crippen LogP contribution in [0.1, 0.15) is 23.7 Å². The van der Waals surface area contributed by atoms with Crippen LogP contribution in [0.5, 0.6) is 0 Å². The number of anilines is 3. The third-order valence-electron chi connectivity index (χ3n) is 4.95. The molecule has 1 aromatic carbocycles. The van der Waals surface area contributed by atoms with Crippen molar-refractivity contribution in [1.82, 2.24) is 14.6 Å². The summed E-state index contributed by atoms with van der Waals surface area (Å²) >= 11 is 0. The number of hydrogen-bond acceptors (Lipinski definition) is 7. The van der Waals surface area contributed by atoms with Crippen molar-refractivity contribution in [3.05, 3.63) is 47.8 Å². The van der Waals surface area contributed by atoms with Gasteiger partial charge in [-0.2, -0.15) is 0 Å². The Morgan fingerprint density at radius 3 is 2.73 bits per heavy atom. The fourth-order valence-electron chi connectivity index (χ4n) is 3.40. The minimum absolute atomic E-state index is 0.153. The van der Waals surface area contributed by atoms with Gasteiger partial charge in [-0.25, -0.2) is 26.7 Å². The molecule has 4 rings (SSSR count). The van der Waals surface area contributed by atoms with E-state index in [9.17, 15) is 22.0 Å². The minimum Gasteiger partial charge on any atom is -0.378 e. The molecule has 0 saturated carbocycles. The summed E-state index contributed by atoms with van der Waals surface area (Å²) < 4.78 is 61.9. The first-order chi connectivity index (χ1) is 15.8. The molecule has 176 valence electrons. The average Bonchev–Trinajstić information content (AvgIpc) is 3.20. The number of morpholine rings is 1. The van der Waals surface area contributed by atoms with Crippen LogP contribution in [0.4, 0.5) is 26.0 Å². The number of sulfonamides is 1. The van der Waals surface area contributed by atoms with Gasteiger partial charge in [0.1, 0.15) is 11.4 Å². The first kappa shape index (κ1) is 22.9. The molecule has 1 fully saturated rings. The van der Waals surface area contributed by atoms with Crippen LogP contribution in [0.2, 0.25) is 0 Å². The molecule has 1 saturated heterocycles. The highest BCUT2D eigenvalue weighted by Gasteiger charge is 2.23. The summed E-state index contributed by atoms with van der Waals surface area (Å²) in [7, 11) is -3.83. The van der Waals surface area contributed by atoms with Crippen molar-refractivity contribution in [2.24, 2.45) is 0 Å². The second-order valence-corrected chi connectivity index (χ2v) is 9.25. The molecular formula is C20H22F2N6O4S. The first-order valence-corrected chi connectivity index (χ1v) is 11.9. The van der Waals surface area contributed by atoms with Gasteiger partial charge in [0.25, 0.3) is 5.91 Å². The lowest BCUT2D eigenvalue weighted by Gasteiger charge is -2.26. The Labute approximate surface area is 188 Å². The van der Waals surface area contributed by atoms with Crippen molar-refractivity contribution in [3.8, 4) is 0 Å². The van der Waals surface area contributed by atoms with E-state index in [1.807, 2.05) is 9.62 Å². The van der Waals surface area contributed by atoms with Crippen LogP contribution in [0.3, 0.4) is 0 Å². The van der Waals surface area contributed by atoms with E-state index in [4.69, 9.17) is 4.74 Å². The zero-order valence-electron chi connectivity index (χ0n) is 17.7. The van der Waals surface area contributed by atoms with Gasteiger partial charge in [0.05, 0.1) is 42.7 Å². The fraction of sp³-hybridized carbons (Fsp3) is 0.350. The highest BCUT2D eigenvalue weighted by Crippen LogP contribution is 2.24. The molecule has 0 radical (unpaired) electrons. The number of nitrogens with zero attached hydrogens (tertiary/aromatic N) is 4. The molecule has 0 aliphatic carbocycles. The third-order valence-corrected chi connectivity index (χ3v) is 6.43. The van der Waals surface area contributed by atoms with Gasteiger partial charge >= 0.3 is 0 Å². The Bertz CT molecular complexity index is 1290. The smallest absolute Gasteiger partial charge is 0.261 e. The molecule has 1 aliphatic heterocycles. The lowest BCUT2D eigenvalue weighted by molar-refractivity contribution is 0.101. The fourth-order valence-corrected chi connectivity index (χ4v) is 4.53. The molecule has 3 heterocycles. The molecule has 10 nitrogen and oxygen atoms in total. The summed E-state index contributed by atoms with van der Waals surface area (Å²) in [4.78, 5) is 18.9. The van der Waals surface area contributed by atoms with Crippen molar-refractivity contribution in [1.29, 1.82) is 0 Å². The predicted octanol–water partition coefficient (Wildman–Crippen LogP) is 2.25. The van der Waals surface area contributed by atoms with E-state index in [0.717, 1.165) is 12.1 Å². The van der Waals surface area contributed by atoms with E-state index >= 15 is 0 Å². The Morgan fingerprint density at radius 2 is 2.00 bits per heavy atom. The predicted molar refractivity (Wildman–Crippen MR) is 118 cm³/mol. The van der Waals surface area contributed by atoms with Crippen molar-refractivity contribution in [2.75, 3.05) is 47.0 Å². The SMILES string of the molecule is CCCS(=O)(=O)Nc1ccc(F)c(C(=O)Nc2cnc3cc(N4CCOCC4)nn3c2)c1F. The van der Waals surface area contributed by atoms with E-state index < -0.39 is 38.8 Å². The number of amides is 1. The van der Waals surface area contributed by atoms with Gasteiger partial charge in [-0.15, -0.1) is 5.10 Å². The number of hydrogen-bond donors (Lipinski definition) is 2. The number of aromatic nitrogens is 3. The number of ether oxygens (including phenoxy) is 1. The van der Waals surface area contributed by atoms with Crippen LogP contribution in [0.25, 0.3) is 5.65 Å². The first-order valence-electron chi connectivity index (χ1n) is 10.3. The van der Waals surface area contributed by atoms with Crippen LogP contribution < -0.4 is 14.9 Å². The summed E-state index contributed by atoms with van der Waals surface area (Å²) in [5.74, 6) is -3.09. The maximum atomic E-state index is 14.8. The quantitative estimate of drug-likeness (QED) is 0.533. The summed E-state index contributed by atoms with van der Waals surface area (Å²) in [6.07, 6.45) is 3.11. The van der Waals surface area contributed by atoms with Crippen molar-refractivity contribution in [2.45, 2.75) is 13.3 Å². The molecule has 0 bridgehead atoms. The second kappa shape index (κ2) is 9.27. The molecule has 33 heavy (non-hydrogen) atoms. The lowest BCUT2D eigenvalue weighted by atomic mass is 10.1. The highest BCUT2D eigenvalue weighted by atomic mass is 32.2. The van der Waals surface area contributed by atoms with Crippen molar-refractivity contribution >= 4 is 38.8 Å². The van der Waals surface area contributed by atoms with Gasteiger partial charge in [-0.1, -0.05) is 6.92 Å². The van der Waals surface area contributed by atoms with E-state index in [-0.39, 0.29) is 11.4 Å². The number of fused-ring (bicyclic) bond motifs is 1. The Kier molecular flexibility index (Phi) is 6.42. The van der Waals surface area contributed by atoms with Gasteiger partial charge in [0, 0.05) is 19.2 Å². The van der Waals surface area contributed by atoms with E-state index in [1.165, 1.54) is 16.9 Å². The number of nitrogens with one attached hydrogen (secondary N) is 2. The van der Waals surface area contributed by atoms with E-state index in [0.29, 0.717) is 44.2 Å². The molecule has 0 unspecified atom stereocenters. The van der Waals surface area contributed by atoms with Crippen LogP contribution in [0.15, 0.2) is 30.6 Å². The molecule has 0 spiro atoms. The monoisotopic (exact) mass is 480 g/mol. The average molecular weight is 480 g/mol. The largest absolute Gasteiger partial charge is 0.378 e. The lowest BCUT2D eigenvalue weighted by Crippen LogP contribution is -2.36. The van der Waals surface area contributed by atoms with Gasteiger partial charge in [0.2, 0.25) is 10.0 Å². The summed E-state index contributed by atoms with van der Waals surface area (Å²) in [5, 5.41) is 6.82. The molecule has 0 atom stereocenters. The number of carbonyl (C=O) groups is 1. The molecule has 3 aromatic rings. The summed E-state index contributed by atoms with van der Waals surface area (Å²) in [5.41, 5.74) is -0.744. The minimum atomic E-state index is -3.83. The molecule has 2 aromatic heterocycles. The van der Waals surface area contributed by atoms with Crippen LogP contribution in [-0.2, 0) is 14.8 Å². The summed E-state index contributed by atoms with van der Waals surface area (Å²) in [6, 6.07) is 3.53. The van der Waals surface area contributed by atoms with E-state index in [1.54, 1.807) is 13.0 Å². The van der Waals surface area contributed by atoms with Crippen molar-refractivity contribution in [3.63, 3.8) is 0 Å². The number of carbonyl (C=O) groups excluding carboxylic acids is 1. The molecule has 13 heteroatoms.